The van der Waals surface area contributed by atoms with Gasteiger partial charge in [0.2, 0.25) is 11.5 Å². The van der Waals surface area contributed by atoms with E-state index in [4.69, 9.17) is 0 Å². The summed E-state index contributed by atoms with van der Waals surface area (Å²) >= 11 is 0. The minimum absolute atomic E-state index is 0.112. The van der Waals surface area contributed by atoms with Crippen LogP contribution < -0.4 is 0 Å². The number of phenolic OH excluding ortho intramolecular Hbond substituents is 4. The Bertz CT molecular complexity index is 689. The molecular formula is C15H12O5. The van der Waals surface area contributed by atoms with Crippen LogP contribution >= 0.6 is 0 Å². The molecule has 0 aliphatic rings. The van der Waals surface area contributed by atoms with Crippen LogP contribution in [0, 0.1) is 0 Å². The second-order valence-corrected chi connectivity index (χ2v) is 4.16. The van der Waals surface area contributed by atoms with Gasteiger partial charge < -0.3 is 20.4 Å². The number of carbonyl (C=O) groups excluding carboxylic acids is 1. The van der Waals surface area contributed by atoms with Crippen molar-refractivity contribution in [2.24, 2.45) is 0 Å². The maximum atomic E-state index is 12.2. The van der Waals surface area contributed by atoms with E-state index in [1.807, 2.05) is 0 Å². The second kappa shape index (κ2) is 4.97. The SMILES string of the molecule is C=C(C(=O)c1ccccc1)c1cc(O)c(O)c(O)c1O. The summed E-state index contributed by atoms with van der Waals surface area (Å²) < 4.78 is 0. The molecule has 0 saturated heterocycles. The van der Waals surface area contributed by atoms with Gasteiger partial charge in [-0.2, -0.15) is 0 Å². The molecule has 102 valence electrons. The summed E-state index contributed by atoms with van der Waals surface area (Å²) in [4.78, 5) is 12.2. The zero-order chi connectivity index (χ0) is 14.9. The summed E-state index contributed by atoms with van der Waals surface area (Å²) in [7, 11) is 0. The number of ketones is 1. The third-order valence-electron chi connectivity index (χ3n) is 2.86. The van der Waals surface area contributed by atoms with Gasteiger partial charge in [0.15, 0.2) is 17.3 Å². The number of carbonyl (C=O) groups is 1. The van der Waals surface area contributed by atoms with Crippen LogP contribution in [0.1, 0.15) is 15.9 Å². The largest absolute Gasteiger partial charge is 0.504 e. The first-order chi connectivity index (χ1) is 9.43. The lowest BCUT2D eigenvalue weighted by Crippen LogP contribution is -2.01. The van der Waals surface area contributed by atoms with Gasteiger partial charge in [-0.05, 0) is 6.07 Å². The molecule has 5 nitrogen and oxygen atoms in total. The highest BCUT2D eigenvalue weighted by molar-refractivity contribution is 6.29. The normalized spacial score (nSPS) is 10.2. The molecule has 0 radical (unpaired) electrons. The number of allylic oxidation sites excluding steroid dienone is 1. The van der Waals surface area contributed by atoms with Gasteiger partial charge in [0.1, 0.15) is 0 Å². The quantitative estimate of drug-likeness (QED) is 0.298. The van der Waals surface area contributed by atoms with Crippen LogP contribution in [0.25, 0.3) is 5.57 Å². The summed E-state index contributed by atoms with van der Waals surface area (Å²) in [6.07, 6.45) is 0. The Morgan fingerprint density at radius 1 is 0.900 bits per heavy atom. The molecule has 0 aliphatic carbocycles. The van der Waals surface area contributed by atoms with E-state index in [2.05, 4.69) is 6.58 Å². The van der Waals surface area contributed by atoms with E-state index in [1.54, 1.807) is 30.3 Å². The van der Waals surface area contributed by atoms with Crippen molar-refractivity contribution in [1.29, 1.82) is 0 Å². The number of rotatable bonds is 3. The molecule has 0 spiro atoms. The molecule has 2 aromatic rings. The van der Waals surface area contributed by atoms with Crippen molar-refractivity contribution in [3.05, 3.63) is 54.1 Å². The molecule has 2 rings (SSSR count). The van der Waals surface area contributed by atoms with Crippen LogP contribution in [0.15, 0.2) is 43.0 Å². The van der Waals surface area contributed by atoms with Crippen molar-refractivity contribution in [1.82, 2.24) is 0 Å². The minimum atomic E-state index is -0.901. The van der Waals surface area contributed by atoms with Crippen LogP contribution in [0.3, 0.4) is 0 Å². The highest BCUT2D eigenvalue weighted by atomic mass is 16.3. The van der Waals surface area contributed by atoms with Crippen molar-refractivity contribution in [3.8, 4) is 23.0 Å². The van der Waals surface area contributed by atoms with Crippen molar-refractivity contribution in [3.63, 3.8) is 0 Å². The van der Waals surface area contributed by atoms with Gasteiger partial charge in [-0.15, -0.1) is 0 Å². The fourth-order valence-corrected chi connectivity index (χ4v) is 1.75. The van der Waals surface area contributed by atoms with Crippen LogP contribution in [0.5, 0.6) is 23.0 Å². The Labute approximate surface area is 114 Å². The third-order valence-corrected chi connectivity index (χ3v) is 2.86. The molecular weight excluding hydrogens is 260 g/mol. The molecule has 0 unspecified atom stereocenters. The third kappa shape index (κ3) is 2.16. The maximum Gasteiger partial charge on any atom is 0.204 e. The zero-order valence-corrected chi connectivity index (χ0v) is 10.4. The standard InChI is InChI=1S/C15H12O5/c1-8(12(17)9-5-3-2-4-6-9)10-7-11(16)14(19)15(20)13(10)18/h2-7,16,18-20H,1H2. The van der Waals surface area contributed by atoms with Crippen LogP contribution in [0.4, 0.5) is 0 Å². The maximum absolute atomic E-state index is 12.2. The summed E-state index contributed by atoms with van der Waals surface area (Å²) in [5.74, 6) is -3.59. The van der Waals surface area contributed by atoms with Crippen molar-refractivity contribution in [2.45, 2.75) is 0 Å². The lowest BCUT2D eigenvalue weighted by atomic mass is 9.96. The summed E-state index contributed by atoms with van der Waals surface area (Å²) in [6, 6.07) is 9.20. The fourth-order valence-electron chi connectivity index (χ4n) is 1.75. The van der Waals surface area contributed by atoms with Gasteiger partial charge >= 0.3 is 0 Å². The molecule has 5 heteroatoms. The molecule has 0 aliphatic heterocycles. The monoisotopic (exact) mass is 272 g/mol. The second-order valence-electron chi connectivity index (χ2n) is 4.16. The van der Waals surface area contributed by atoms with Gasteiger partial charge in [-0.1, -0.05) is 36.9 Å². The van der Waals surface area contributed by atoms with Gasteiger partial charge in [-0.3, -0.25) is 4.79 Å². The summed E-state index contributed by atoms with van der Waals surface area (Å²) in [6.45, 7) is 3.56. The van der Waals surface area contributed by atoms with Crippen molar-refractivity contribution < 1.29 is 25.2 Å². The number of Topliss-reactive ketones (excluding diaryl/α,β-unsaturated/α-hetero) is 1. The van der Waals surface area contributed by atoms with E-state index in [-0.39, 0.29) is 11.1 Å². The van der Waals surface area contributed by atoms with Gasteiger partial charge in [0.25, 0.3) is 0 Å². The van der Waals surface area contributed by atoms with Crippen LogP contribution in [-0.4, -0.2) is 26.2 Å². The molecule has 0 aromatic heterocycles. The predicted molar refractivity (Wildman–Crippen MR) is 72.9 cm³/mol. The highest BCUT2D eigenvalue weighted by Gasteiger charge is 2.21. The number of benzene rings is 2. The Hall–Kier alpha value is -2.95. The minimum Gasteiger partial charge on any atom is -0.504 e. The molecule has 0 atom stereocenters. The van der Waals surface area contributed by atoms with Gasteiger partial charge in [-0.25, -0.2) is 0 Å². The predicted octanol–water partition coefficient (Wildman–Crippen LogP) is 2.41. The highest BCUT2D eigenvalue weighted by Crippen LogP contribution is 2.46. The number of aromatic hydroxyl groups is 4. The van der Waals surface area contributed by atoms with E-state index >= 15 is 0 Å². The first-order valence-electron chi connectivity index (χ1n) is 5.69. The van der Waals surface area contributed by atoms with E-state index in [9.17, 15) is 25.2 Å². The van der Waals surface area contributed by atoms with Gasteiger partial charge in [0, 0.05) is 16.7 Å². The van der Waals surface area contributed by atoms with Crippen molar-refractivity contribution in [2.75, 3.05) is 0 Å². The molecule has 0 bridgehead atoms. The van der Waals surface area contributed by atoms with Gasteiger partial charge in [0.05, 0.1) is 0 Å². The fraction of sp³-hybridized carbons (Fsp3) is 0. The summed E-state index contributed by atoms with van der Waals surface area (Å²) in [5, 5.41) is 37.9. The molecule has 2 aromatic carbocycles. The topological polar surface area (TPSA) is 98.0 Å². The number of hydrogen-bond donors (Lipinski definition) is 4. The van der Waals surface area contributed by atoms with E-state index < -0.39 is 28.8 Å². The first-order valence-corrected chi connectivity index (χ1v) is 5.69. The Morgan fingerprint density at radius 3 is 2.10 bits per heavy atom. The number of hydrogen-bond acceptors (Lipinski definition) is 5. The first kappa shape index (κ1) is 13.5. The Kier molecular flexibility index (Phi) is 3.35. The van der Waals surface area contributed by atoms with Crippen LogP contribution in [-0.2, 0) is 0 Å². The molecule has 0 heterocycles. The molecule has 0 saturated carbocycles. The van der Waals surface area contributed by atoms with E-state index in [0.29, 0.717) is 5.56 Å². The lowest BCUT2D eigenvalue weighted by Gasteiger charge is -2.11. The van der Waals surface area contributed by atoms with Crippen LogP contribution in [0.2, 0.25) is 0 Å². The van der Waals surface area contributed by atoms with E-state index in [0.717, 1.165) is 6.07 Å². The molecule has 4 N–H and O–H groups in total. The average Bonchev–Trinajstić information content (AvgIpc) is 2.48. The molecule has 20 heavy (non-hydrogen) atoms. The Morgan fingerprint density at radius 2 is 1.50 bits per heavy atom. The summed E-state index contributed by atoms with van der Waals surface area (Å²) in [5.41, 5.74) is 0.0925. The Balaban J connectivity index is 2.48. The molecule has 0 amide bonds. The smallest absolute Gasteiger partial charge is 0.204 e. The molecule has 0 fully saturated rings. The lowest BCUT2D eigenvalue weighted by molar-refractivity contribution is 0.105. The van der Waals surface area contributed by atoms with Crippen molar-refractivity contribution >= 4 is 11.4 Å². The van der Waals surface area contributed by atoms with E-state index in [1.165, 1.54) is 0 Å². The zero-order valence-electron chi connectivity index (χ0n) is 10.4. The average molecular weight is 272 g/mol. The number of phenols is 4.